The first kappa shape index (κ1) is 17.7. The van der Waals surface area contributed by atoms with Gasteiger partial charge in [-0.1, -0.05) is 12.1 Å². The lowest BCUT2D eigenvalue weighted by molar-refractivity contribution is -0.111. The van der Waals surface area contributed by atoms with Crippen LogP contribution >= 0.6 is 11.3 Å². The topological polar surface area (TPSA) is 60.5 Å². The number of nitrogens with one attached hydrogen (secondary N) is 1. The third-order valence-electron chi connectivity index (χ3n) is 3.66. The lowest BCUT2D eigenvalue weighted by Crippen LogP contribution is -2.07. The van der Waals surface area contributed by atoms with E-state index in [1.165, 1.54) is 17.4 Å². The van der Waals surface area contributed by atoms with Gasteiger partial charge in [0.15, 0.2) is 5.13 Å². The number of nitrogens with zero attached hydrogens (tertiary/aromatic N) is 1. The zero-order valence-corrected chi connectivity index (χ0v) is 15.2. The van der Waals surface area contributed by atoms with Gasteiger partial charge in [-0.05, 0) is 48.0 Å². The number of hydrogen-bond donors (Lipinski definition) is 1. The molecule has 0 aliphatic heterocycles. The maximum atomic E-state index is 12.1. The average molecular weight is 366 g/mol. The first-order valence-electron chi connectivity index (χ1n) is 7.91. The van der Waals surface area contributed by atoms with Crippen LogP contribution in [-0.2, 0) is 4.79 Å². The summed E-state index contributed by atoms with van der Waals surface area (Å²) in [6.07, 6.45) is 3.23. The number of carbonyl (C=O) groups is 1. The molecule has 0 bridgehead atoms. The van der Waals surface area contributed by atoms with Gasteiger partial charge in [0, 0.05) is 17.0 Å². The van der Waals surface area contributed by atoms with Gasteiger partial charge in [-0.25, -0.2) is 4.98 Å². The van der Waals surface area contributed by atoms with Crippen molar-refractivity contribution in [3.8, 4) is 22.8 Å². The number of aromatic nitrogens is 1. The number of benzene rings is 2. The standard InChI is InChI=1S/C20H18N2O3S/c1-24-16-8-3-14(4-9-16)5-12-19(23)22-20-21-18(13-26-20)15-6-10-17(25-2)11-7-15/h3-13H,1-2H3,(H,21,22,23)/b12-5+. The molecule has 1 aromatic heterocycles. The van der Waals surface area contributed by atoms with Gasteiger partial charge in [0.25, 0.3) is 0 Å². The molecule has 5 nitrogen and oxygen atoms in total. The summed E-state index contributed by atoms with van der Waals surface area (Å²) in [5.41, 5.74) is 2.70. The summed E-state index contributed by atoms with van der Waals surface area (Å²) in [4.78, 5) is 16.5. The van der Waals surface area contributed by atoms with E-state index < -0.39 is 0 Å². The van der Waals surface area contributed by atoms with Crippen molar-refractivity contribution in [3.05, 3.63) is 65.6 Å². The Balaban J connectivity index is 1.62. The summed E-state index contributed by atoms with van der Waals surface area (Å²) < 4.78 is 10.3. The van der Waals surface area contributed by atoms with Gasteiger partial charge >= 0.3 is 0 Å². The molecule has 3 aromatic rings. The van der Waals surface area contributed by atoms with E-state index in [1.54, 1.807) is 20.3 Å². The minimum absolute atomic E-state index is 0.226. The maximum absolute atomic E-state index is 12.1. The Morgan fingerprint density at radius 3 is 2.23 bits per heavy atom. The predicted octanol–water partition coefficient (Wildman–Crippen LogP) is 4.48. The number of ether oxygens (including phenoxy) is 2. The van der Waals surface area contributed by atoms with Gasteiger partial charge in [0.05, 0.1) is 19.9 Å². The van der Waals surface area contributed by atoms with Crippen LogP contribution in [-0.4, -0.2) is 25.1 Å². The third-order valence-corrected chi connectivity index (χ3v) is 4.42. The van der Waals surface area contributed by atoms with E-state index in [4.69, 9.17) is 9.47 Å². The van der Waals surface area contributed by atoms with Crippen LogP contribution in [0.2, 0.25) is 0 Å². The summed E-state index contributed by atoms with van der Waals surface area (Å²) in [7, 11) is 3.25. The highest BCUT2D eigenvalue weighted by Crippen LogP contribution is 2.26. The van der Waals surface area contributed by atoms with E-state index in [9.17, 15) is 4.79 Å². The summed E-state index contributed by atoms with van der Waals surface area (Å²) in [5.74, 6) is 1.35. The van der Waals surface area contributed by atoms with Gasteiger partial charge < -0.3 is 9.47 Å². The molecule has 3 rings (SSSR count). The molecule has 0 spiro atoms. The van der Waals surface area contributed by atoms with Crippen LogP contribution in [0.3, 0.4) is 0 Å². The molecule has 0 aliphatic carbocycles. The number of carbonyl (C=O) groups excluding carboxylic acids is 1. The van der Waals surface area contributed by atoms with Crippen LogP contribution in [0.1, 0.15) is 5.56 Å². The highest BCUT2D eigenvalue weighted by molar-refractivity contribution is 7.14. The maximum Gasteiger partial charge on any atom is 0.250 e. The Hall–Kier alpha value is -3.12. The quantitative estimate of drug-likeness (QED) is 0.654. The molecule has 132 valence electrons. The van der Waals surface area contributed by atoms with Crippen molar-refractivity contribution >= 4 is 28.5 Å². The van der Waals surface area contributed by atoms with Crippen molar-refractivity contribution in [1.29, 1.82) is 0 Å². The SMILES string of the molecule is COc1ccc(/C=C/C(=O)Nc2nc(-c3ccc(OC)cc3)cs2)cc1. The lowest BCUT2D eigenvalue weighted by Gasteiger charge is -2.01. The molecule has 0 radical (unpaired) electrons. The predicted molar refractivity (Wildman–Crippen MR) is 105 cm³/mol. The van der Waals surface area contributed by atoms with Crippen molar-refractivity contribution in [3.63, 3.8) is 0 Å². The van der Waals surface area contributed by atoms with E-state index >= 15 is 0 Å². The number of anilines is 1. The fourth-order valence-electron chi connectivity index (χ4n) is 2.26. The number of hydrogen-bond acceptors (Lipinski definition) is 5. The molecule has 0 saturated carbocycles. The molecule has 0 atom stereocenters. The highest BCUT2D eigenvalue weighted by Gasteiger charge is 2.06. The number of amides is 1. The van der Waals surface area contributed by atoms with Crippen LogP contribution in [0.25, 0.3) is 17.3 Å². The molecule has 6 heteroatoms. The molecule has 1 amide bonds. The molecular formula is C20H18N2O3S. The Morgan fingerprint density at radius 2 is 1.62 bits per heavy atom. The van der Waals surface area contributed by atoms with Crippen LogP contribution in [0, 0.1) is 0 Å². The molecule has 1 N–H and O–H groups in total. The molecule has 2 aromatic carbocycles. The molecule has 0 aliphatic rings. The van der Waals surface area contributed by atoms with E-state index in [0.717, 1.165) is 28.3 Å². The van der Waals surface area contributed by atoms with E-state index in [1.807, 2.05) is 53.9 Å². The van der Waals surface area contributed by atoms with Crippen molar-refractivity contribution in [2.24, 2.45) is 0 Å². The van der Waals surface area contributed by atoms with Crippen molar-refractivity contribution in [1.82, 2.24) is 4.98 Å². The lowest BCUT2D eigenvalue weighted by atomic mass is 10.2. The monoisotopic (exact) mass is 366 g/mol. The fourth-order valence-corrected chi connectivity index (χ4v) is 2.98. The summed E-state index contributed by atoms with van der Waals surface area (Å²) in [6.45, 7) is 0. The molecule has 0 fully saturated rings. The van der Waals surface area contributed by atoms with Crippen molar-refractivity contribution in [2.75, 3.05) is 19.5 Å². The smallest absolute Gasteiger partial charge is 0.250 e. The first-order chi connectivity index (χ1) is 12.7. The second-order valence-electron chi connectivity index (χ2n) is 5.36. The first-order valence-corrected chi connectivity index (χ1v) is 8.79. The van der Waals surface area contributed by atoms with Gasteiger partial charge in [0.2, 0.25) is 5.91 Å². The summed E-state index contributed by atoms with van der Waals surface area (Å²) >= 11 is 1.38. The number of methoxy groups -OCH3 is 2. The zero-order chi connectivity index (χ0) is 18.4. The number of thiazole rings is 1. The van der Waals surface area contributed by atoms with Gasteiger partial charge in [0.1, 0.15) is 11.5 Å². The minimum atomic E-state index is -0.226. The van der Waals surface area contributed by atoms with Crippen molar-refractivity contribution < 1.29 is 14.3 Å². The molecular weight excluding hydrogens is 348 g/mol. The van der Waals surface area contributed by atoms with E-state index in [0.29, 0.717) is 5.13 Å². The Labute approximate surface area is 155 Å². The summed E-state index contributed by atoms with van der Waals surface area (Å²) in [5, 5.41) is 5.24. The second kappa shape index (κ2) is 8.31. The fraction of sp³-hybridized carbons (Fsp3) is 0.100. The van der Waals surface area contributed by atoms with Gasteiger partial charge in [-0.2, -0.15) is 0 Å². The molecule has 0 unspecified atom stereocenters. The molecule has 26 heavy (non-hydrogen) atoms. The third kappa shape index (κ3) is 4.49. The Kier molecular flexibility index (Phi) is 5.66. The van der Waals surface area contributed by atoms with Crippen LogP contribution in [0.5, 0.6) is 11.5 Å². The largest absolute Gasteiger partial charge is 0.497 e. The van der Waals surface area contributed by atoms with Crippen molar-refractivity contribution in [2.45, 2.75) is 0 Å². The van der Waals surface area contributed by atoms with E-state index in [-0.39, 0.29) is 5.91 Å². The van der Waals surface area contributed by atoms with Crippen LogP contribution in [0.4, 0.5) is 5.13 Å². The molecule has 0 saturated heterocycles. The molecule has 1 heterocycles. The van der Waals surface area contributed by atoms with E-state index in [2.05, 4.69) is 10.3 Å². The highest BCUT2D eigenvalue weighted by atomic mass is 32.1. The zero-order valence-electron chi connectivity index (χ0n) is 14.4. The number of rotatable bonds is 6. The van der Waals surface area contributed by atoms with Crippen LogP contribution < -0.4 is 14.8 Å². The van der Waals surface area contributed by atoms with Gasteiger partial charge in [-0.3, -0.25) is 10.1 Å². The minimum Gasteiger partial charge on any atom is -0.497 e. The van der Waals surface area contributed by atoms with Crippen LogP contribution in [0.15, 0.2) is 60.0 Å². The Bertz CT molecular complexity index is 900. The second-order valence-corrected chi connectivity index (χ2v) is 6.22. The normalized spacial score (nSPS) is 10.7. The average Bonchev–Trinajstić information content (AvgIpc) is 3.15. The summed E-state index contributed by atoms with van der Waals surface area (Å²) in [6, 6.07) is 15.1. The van der Waals surface area contributed by atoms with Gasteiger partial charge in [-0.15, -0.1) is 11.3 Å². The Morgan fingerprint density at radius 1 is 1.00 bits per heavy atom.